The first kappa shape index (κ1) is 10.7. The summed E-state index contributed by atoms with van der Waals surface area (Å²) < 4.78 is 0. The van der Waals surface area contributed by atoms with E-state index in [2.05, 4.69) is 0 Å². The summed E-state index contributed by atoms with van der Waals surface area (Å²) in [5.74, 6) is -0.0116. The average Bonchev–Trinajstić information content (AvgIpc) is 2.30. The van der Waals surface area contributed by atoms with Gasteiger partial charge in [0, 0.05) is 5.02 Å². The third-order valence-electron chi connectivity index (χ3n) is 2.36. The molecule has 0 spiro atoms. The van der Waals surface area contributed by atoms with E-state index in [0.29, 0.717) is 22.4 Å². The smallest absolute Gasteiger partial charge is 0.154 e. The van der Waals surface area contributed by atoms with Crippen molar-refractivity contribution in [3.8, 4) is 16.9 Å². The van der Waals surface area contributed by atoms with Crippen LogP contribution >= 0.6 is 11.6 Å². The molecule has 0 radical (unpaired) electrons. The van der Waals surface area contributed by atoms with Gasteiger partial charge in [-0.2, -0.15) is 0 Å². The summed E-state index contributed by atoms with van der Waals surface area (Å²) in [5, 5.41) is 10.2. The lowest BCUT2D eigenvalue weighted by Crippen LogP contribution is -1.87. The monoisotopic (exact) mass is 232 g/mol. The molecule has 2 nitrogen and oxygen atoms in total. The van der Waals surface area contributed by atoms with Gasteiger partial charge in [0.05, 0.1) is 5.56 Å². The number of carbonyl (C=O) groups excluding carboxylic acids is 1. The number of aromatic hydroxyl groups is 1. The molecule has 0 amide bonds. The summed E-state index contributed by atoms with van der Waals surface area (Å²) in [6.07, 6.45) is 0.652. The van der Waals surface area contributed by atoms with E-state index in [-0.39, 0.29) is 5.75 Å². The average molecular weight is 233 g/mol. The molecule has 0 fully saturated rings. The van der Waals surface area contributed by atoms with Crippen LogP contribution in [0.3, 0.4) is 0 Å². The minimum atomic E-state index is -0.0116. The second-order valence-electron chi connectivity index (χ2n) is 3.36. The Balaban J connectivity index is 2.59. The highest BCUT2D eigenvalue weighted by Crippen LogP contribution is 2.29. The summed E-state index contributed by atoms with van der Waals surface area (Å²) in [4.78, 5) is 10.9. The summed E-state index contributed by atoms with van der Waals surface area (Å²) in [6, 6.07) is 12.1. The highest BCUT2D eigenvalue weighted by atomic mass is 35.5. The number of benzene rings is 2. The topological polar surface area (TPSA) is 37.3 Å². The van der Waals surface area contributed by atoms with Crippen molar-refractivity contribution in [2.24, 2.45) is 0 Å². The van der Waals surface area contributed by atoms with Crippen LogP contribution in [0.25, 0.3) is 11.1 Å². The molecule has 0 saturated heterocycles. The highest BCUT2D eigenvalue weighted by molar-refractivity contribution is 6.30. The predicted molar refractivity (Wildman–Crippen MR) is 63.9 cm³/mol. The molecule has 0 atom stereocenters. The van der Waals surface area contributed by atoms with Crippen LogP contribution in [0.15, 0.2) is 42.5 Å². The van der Waals surface area contributed by atoms with Gasteiger partial charge < -0.3 is 5.11 Å². The second-order valence-corrected chi connectivity index (χ2v) is 3.80. The highest BCUT2D eigenvalue weighted by Gasteiger charge is 2.08. The third-order valence-corrected chi connectivity index (χ3v) is 2.61. The zero-order valence-corrected chi connectivity index (χ0v) is 9.11. The predicted octanol–water partition coefficient (Wildman–Crippen LogP) is 3.53. The van der Waals surface area contributed by atoms with Crippen LogP contribution in [0.4, 0.5) is 0 Å². The van der Waals surface area contributed by atoms with Crippen molar-refractivity contribution in [2.75, 3.05) is 0 Å². The van der Waals surface area contributed by atoms with Gasteiger partial charge in [-0.15, -0.1) is 0 Å². The number of hydrogen-bond donors (Lipinski definition) is 1. The minimum Gasteiger partial charge on any atom is -0.507 e. The standard InChI is InChI=1S/C13H9ClO2/c14-10-6-4-9(5-7-10)11-2-1-3-13(16)12(11)8-15/h1-8,16H. The first-order chi connectivity index (χ1) is 7.72. The number of aldehydes is 1. The first-order valence-electron chi connectivity index (χ1n) is 4.75. The maximum Gasteiger partial charge on any atom is 0.154 e. The number of carbonyl (C=O) groups is 1. The van der Waals surface area contributed by atoms with Crippen molar-refractivity contribution in [1.82, 2.24) is 0 Å². The molecule has 2 aromatic rings. The van der Waals surface area contributed by atoms with E-state index in [1.807, 2.05) is 12.1 Å². The van der Waals surface area contributed by atoms with Crippen LogP contribution in [-0.2, 0) is 0 Å². The summed E-state index contributed by atoms with van der Waals surface area (Å²) in [6.45, 7) is 0. The molecule has 3 heteroatoms. The molecule has 0 aliphatic rings. The Labute approximate surface area is 98.1 Å². The molecule has 2 aromatic carbocycles. The SMILES string of the molecule is O=Cc1c(O)cccc1-c1ccc(Cl)cc1. The quantitative estimate of drug-likeness (QED) is 0.805. The lowest BCUT2D eigenvalue weighted by atomic mass is 10.00. The van der Waals surface area contributed by atoms with Crippen LogP contribution in [-0.4, -0.2) is 11.4 Å². The Morgan fingerprint density at radius 3 is 2.38 bits per heavy atom. The molecule has 16 heavy (non-hydrogen) atoms. The summed E-state index contributed by atoms with van der Waals surface area (Å²) >= 11 is 5.79. The fourth-order valence-corrected chi connectivity index (χ4v) is 1.68. The van der Waals surface area contributed by atoms with Gasteiger partial charge >= 0.3 is 0 Å². The van der Waals surface area contributed by atoms with Crippen molar-refractivity contribution < 1.29 is 9.90 Å². The fourth-order valence-electron chi connectivity index (χ4n) is 1.56. The van der Waals surface area contributed by atoms with Crippen molar-refractivity contribution in [2.45, 2.75) is 0 Å². The maximum atomic E-state index is 10.9. The van der Waals surface area contributed by atoms with Gasteiger partial charge in [-0.1, -0.05) is 35.9 Å². The maximum absolute atomic E-state index is 10.9. The normalized spacial score (nSPS) is 10.1. The Hall–Kier alpha value is -1.80. The van der Waals surface area contributed by atoms with Crippen molar-refractivity contribution in [3.05, 3.63) is 53.1 Å². The molecule has 0 bridgehead atoms. The second kappa shape index (κ2) is 4.37. The molecule has 80 valence electrons. The van der Waals surface area contributed by atoms with E-state index in [1.54, 1.807) is 24.3 Å². The summed E-state index contributed by atoms with van der Waals surface area (Å²) in [5.41, 5.74) is 1.85. The van der Waals surface area contributed by atoms with Gasteiger partial charge in [0.1, 0.15) is 5.75 Å². The molecular weight excluding hydrogens is 224 g/mol. The van der Waals surface area contributed by atoms with Gasteiger partial charge in [-0.3, -0.25) is 4.79 Å². The van der Waals surface area contributed by atoms with E-state index in [4.69, 9.17) is 11.6 Å². The van der Waals surface area contributed by atoms with Crippen molar-refractivity contribution in [3.63, 3.8) is 0 Å². The van der Waals surface area contributed by atoms with Crippen LogP contribution in [0, 0.1) is 0 Å². The van der Waals surface area contributed by atoms with Gasteiger partial charge in [-0.25, -0.2) is 0 Å². The van der Waals surface area contributed by atoms with Gasteiger partial charge in [0.25, 0.3) is 0 Å². The van der Waals surface area contributed by atoms with Gasteiger partial charge in [0.2, 0.25) is 0 Å². The Morgan fingerprint density at radius 2 is 1.75 bits per heavy atom. The lowest BCUT2D eigenvalue weighted by Gasteiger charge is -2.06. The molecule has 0 heterocycles. The molecule has 0 aromatic heterocycles. The van der Waals surface area contributed by atoms with E-state index < -0.39 is 0 Å². The molecule has 0 aliphatic heterocycles. The molecule has 2 rings (SSSR count). The number of halogens is 1. The number of rotatable bonds is 2. The van der Waals surface area contributed by atoms with Crippen LogP contribution in [0.5, 0.6) is 5.75 Å². The molecule has 0 saturated carbocycles. The largest absolute Gasteiger partial charge is 0.507 e. The molecular formula is C13H9ClO2. The van der Waals surface area contributed by atoms with E-state index in [0.717, 1.165) is 5.56 Å². The van der Waals surface area contributed by atoms with Crippen molar-refractivity contribution >= 4 is 17.9 Å². The van der Waals surface area contributed by atoms with Crippen LogP contribution in [0.2, 0.25) is 5.02 Å². The molecule has 0 unspecified atom stereocenters. The first-order valence-corrected chi connectivity index (χ1v) is 5.13. The number of hydrogen-bond acceptors (Lipinski definition) is 2. The van der Waals surface area contributed by atoms with Crippen LogP contribution in [0.1, 0.15) is 10.4 Å². The van der Waals surface area contributed by atoms with E-state index >= 15 is 0 Å². The van der Waals surface area contributed by atoms with E-state index in [1.165, 1.54) is 6.07 Å². The van der Waals surface area contributed by atoms with E-state index in [9.17, 15) is 9.90 Å². The Kier molecular flexibility index (Phi) is 2.93. The zero-order chi connectivity index (χ0) is 11.5. The minimum absolute atomic E-state index is 0.0116. The van der Waals surface area contributed by atoms with Gasteiger partial charge in [0.15, 0.2) is 6.29 Å². The fraction of sp³-hybridized carbons (Fsp3) is 0. The zero-order valence-electron chi connectivity index (χ0n) is 8.35. The molecule has 1 N–H and O–H groups in total. The summed E-state index contributed by atoms with van der Waals surface area (Å²) in [7, 11) is 0. The van der Waals surface area contributed by atoms with Gasteiger partial charge in [-0.05, 0) is 29.3 Å². The lowest BCUT2D eigenvalue weighted by molar-refractivity contribution is 0.112. The van der Waals surface area contributed by atoms with Crippen molar-refractivity contribution in [1.29, 1.82) is 0 Å². The van der Waals surface area contributed by atoms with Crippen LogP contribution < -0.4 is 0 Å². The number of phenols is 1. The molecule has 0 aliphatic carbocycles. The third kappa shape index (κ3) is 1.92. The Bertz CT molecular complexity index is 518. The Morgan fingerprint density at radius 1 is 1.06 bits per heavy atom. The number of phenolic OH excluding ortho intramolecular Hbond substituents is 1.